The Hall–Kier alpha value is -3.57. The number of nitrogens with one attached hydrogen (secondary N) is 1. The van der Waals surface area contributed by atoms with Crippen LogP contribution >= 0.6 is 0 Å². The van der Waals surface area contributed by atoms with Crippen LogP contribution < -0.4 is 10.2 Å². The summed E-state index contributed by atoms with van der Waals surface area (Å²) in [4.78, 5) is 22.9. The molecular weight excluding hydrogens is 418 g/mol. The fourth-order valence-electron chi connectivity index (χ4n) is 3.38. The summed E-state index contributed by atoms with van der Waals surface area (Å²) in [7, 11) is 0. The molecule has 0 saturated carbocycles. The van der Waals surface area contributed by atoms with Crippen molar-refractivity contribution in [3.63, 3.8) is 0 Å². The van der Waals surface area contributed by atoms with Gasteiger partial charge in [-0.1, -0.05) is 5.21 Å². The molecule has 0 spiro atoms. The van der Waals surface area contributed by atoms with Gasteiger partial charge in [0.2, 0.25) is 5.95 Å². The monoisotopic (exact) mass is 435 g/mol. The molecule has 31 heavy (non-hydrogen) atoms. The van der Waals surface area contributed by atoms with Crippen LogP contribution in [-0.2, 0) is 6.18 Å². The van der Waals surface area contributed by atoms with E-state index in [0.717, 1.165) is 24.3 Å². The van der Waals surface area contributed by atoms with E-state index in [4.69, 9.17) is 0 Å². The van der Waals surface area contributed by atoms with Crippen molar-refractivity contribution < 1.29 is 22.4 Å². The summed E-state index contributed by atoms with van der Waals surface area (Å²) in [6, 6.07) is 5.63. The highest BCUT2D eigenvalue weighted by Gasteiger charge is 2.42. The van der Waals surface area contributed by atoms with E-state index in [0.29, 0.717) is 36.6 Å². The Bertz CT molecular complexity index is 1050. The summed E-state index contributed by atoms with van der Waals surface area (Å²) in [5, 5.41) is 9.56. The molecule has 4 rings (SSSR count). The smallest absolute Gasteiger partial charge is 0.348 e. The molecule has 162 valence electrons. The van der Waals surface area contributed by atoms with Crippen molar-refractivity contribution in [2.24, 2.45) is 0 Å². The van der Waals surface area contributed by atoms with Crippen LogP contribution in [0, 0.1) is 5.82 Å². The highest BCUT2D eigenvalue weighted by Crippen LogP contribution is 2.33. The van der Waals surface area contributed by atoms with E-state index in [1.807, 2.05) is 4.90 Å². The van der Waals surface area contributed by atoms with Gasteiger partial charge in [-0.3, -0.25) is 4.79 Å². The Balaban J connectivity index is 1.49. The molecule has 3 aromatic rings. The van der Waals surface area contributed by atoms with Crippen LogP contribution in [0.2, 0.25) is 0 Å². The summed E-state index contributed by atoms with van der Waals surface area (Å²) in [6.45, 7) is 1.09. The minimum absolute atomic E-state index is 0.0588. The van der Waals surface area contributed by atoms with Crippen LogP contribution in [-0.4, -0.2) is 50.0 Å². The summed E-state index contributed by atoms with van der Waals surface area (Å²) in [5.74, 6) is -1.01. The lowest BCUT2D eigenvalue weighted by molar-refractivity contribution is -0.143. The maximum Gasteiger partial charge on any atom is 0.435 e. The third kappa shape index (κ3) is 4.47. The molecule has 8 nitrogen and oxygen atoms in total. The molecule has 1 amide bonds. The van der Waals surface area contributed by atoms with E-state index in [2.05, 4.69) is 25.6 Å². The van der Waals surface area contributed by atoms with Crippen molar-refractivity contribution in [2.45, 2.75) is 25.1 Å². The number of carbonyl (C=O) groups excluding carboxylic acids is 1. The molecule has 0 unspecified atom stereocenters. The molecule has 3 heterocycles. The number of hydrogen-bond donors (Lipinski definition) is 1. The van der Waals surface area contributed by atoms with E-state index >= 15 is 0 Å². The molecule has 1 aliphatic heterocycles. The molecule has 0 aliphatic carbocycles. The highest BCUT2D eigenvalue weighted by atomic mass is 19.4. The predicted octanol–water partition coefficient (Wildman–Crippen LogP) is 2.61. The van der Waals surface area contributed by atoms with Crippen LogP contribution in [0.4, 0.5) is 23.5 Å². The lowest BCUT2D eigenvalue weighted by atomic mass is 10.0. The van der Waals surface area contributed by atoms with Crippen molar-refractivity contribution >= 4 is 11.9 Å². The average molecular weight is 435 g/mol. The topological polar surface area (TPSA) is 88.8 Å². The maximum atomic E-state index is 13.7. The first-order chi connectivity index (χ1) is 14.8. The van der Waals surface area contributed by atoms with Crippen molar-refractivity contribution in [3.8, 4) is 5.69 Å². The number of rotatable bonds is 4. The van der Waals surface area contributed by atoms with Gasteiger partial charge in [-0.15, -0.1) is 5.10 Å². The second kappa shape index (κ2) is 8.28. The largest absolute Gasteiger partial charge is 0.435 e. The third-order valence-corrected chi connectivity index (χ3v) is 4.89. The number of benzene rings is 1. The number of halogens is 4. The molecule has 0 radical (unpaired) electrons. The van der Waals surface area contributed by atoms with Gasteiger partial charge in [0.05, 0.1) is 5.69 Å². The molecule has 2 aromatic heterocycles. The van der Waals surface area contributed by atoms with Gasteiger partial charge in [0, 0.05) is 31.5 Å². The first kappa shape index (κ1) is 20.7. The molecule has 1 saturated heterocycles. The van der Waals surface area contributed by atoms with Crippen molar-refractivity contribution in [1.82, 2.24) is 30.3 Å². The van der Waals surface area contributed by atoms with Crippen LogP contribution in [0.3, 0.4) is 0 Å². The zero-order valence-electron chi connectivity index (χ0n) is 16.1. The normalized spacial score (nSPS) is 15.2. The lowest BCUT2D eigenvalue weighted by Gasteiger charge is -2.32. The molecular formula is C19H17F4N7O. The maximum absolute atomic E-state index is 13.7. The van der Waals surface area contributed by atoms with Crippen molar-refractivity contribution in [1.29, 1.82) is 0 Å². The second-order valence-electron chi connectivity index (χ2n) is 6.96. The fourth-order valence-corrected chi connectivity index (χ4v) is 3.38. The Kier molecular flexibility index (Phi) is 5.53. The number of alkyl halides is 3. The summed E-state index contributed by atoms with van der Waals surface area (Å²) in [6.07, 6.45) is -0.619. The number of carbonyl (C=O) groups is 1. The predicted molar refractivity (Wildman–Crippen MR) is 101 cm³/mol. The zero-order valence-corrected chi connectivity index (χ0v) is 16.1. The average Bonchev–Trinajstić information content (AvgIpc) is 3.21. The number of aromatic nitrogens is 5. The van der Waals surface area contributed by atoms with Gasteiger partial charge in [-0.2, -0.15) is 13.2 Å². The SMILES string of the molecule is O=C(NC1CCN(c2ncccn2)CC1)c1nnn(-c2ccc(F)cc2)c1C(F)(F)F. The van der Waals surface area contributed by atoms with E-state index in [9.17, 15) is 22.4 Å². The molecule has 1 aliphatic rings. The van der Waals surface area contributed by atoms with Gasteiger partial charge in [0.1, 0.15) is 5.82 Å². The van der Waals surface area contributed by atoms with Crippen LogP contribution in [0.25, 0.3) is 5.69 Å². The van der Waals surface area contributed by atoms with E-state index in [1.54, 1.807) is 18.5 Å². The Morgan fingerprint density at radius 1 is 1.06 bits per heavy atom. The number of amides is 1. The van der Waals surface area contributed by atoms with E-state index in [1.165, 1.54) is 0 Å². The van der Waals surface area contributed by atoms with Gasteiger partial charge in [0.25, 0.3) is 5.91 Å². The molecule has 0 atom stereocenters. The fraction of sp³-hybridized carbons (Fsp3) is 0.316. The number of piperidine rings is 1. The molecule has 0 bridgehead atoms. The van der Waals surface area contributed by atoms with Crippen LogP contribution in [0.5, 0.6) is 0 Å². The van der Waals surface area contributed by atoms with Crippen molar-refractivity contribution in [3.05, 3.63) is 59.9 Å². The van der Waals surface area contributed by atoms with Gasteiger partial charge < -0.3 is 10.2 Å². The van der Waals surface area contributed by atoms with E-state index < -0.39 is 29.3 Å². The number of hydrogen-bond acceptors (Lipinski definition) is 6. The Morgan fingerprint density at radius 2 is 1.71 bits per heavy atom. The van der Waals surface area contributed by atoms with E-state index in [-0.39, 0.29) is 11.7 Å². The Morgan fingerprint density at radius 3 is 2.32 bits per heavy atom. The van der Waals surface area contributed by atoms with Crippen molar-refractivity contribution in [2.75, 3.05) is 18.0 Å². The second-order valence-corrected chi connectivity index (χ2v) is 6.96. The summed E-state index contributed by atoms with van der Waals surface area (Å²) >= 11 is 0. The number of anilines is 1. The minimum Gasteiger partial charge on any atom is -0.348 e. The zero-order chi connectivity index (χ0) is 22.0. The molecule has 12 heteroatoms. The molecule has 1 fully saturated rings. The van der Waals surface area contributed by atoms with Gasteiger partial charge in [0.15, 0.2) is 11.4 Å². The summed E-state index contributed by atoms with van der Waals surface area (Å²) < 4.78 is 54.7. The number of nitrogens with zero attached hydrogens (tertiary/aromatic N) is 6. The Labute approximate surface area is 173 Å². The minimum atomic E-state index is -4.89. The van der Waals surface area contributed by atoms with Crippen LogP contribution in [0.15, 0.2) is 42.7 Å². The highest BCUT2D eigenvalue weighted by molar-refractivity contribution is 5.93. The first-order valence-corrected chi connectivity index (χ1v) is 9.44. The van der Waals surface area contributed by atoms with Gasteiger partial charge >= 0.3 is 6.18 Å². The first-order valence-electron chi connectivity index (χ1n) is 9.44. The van der Waals surface area contributed by atoms with Crippen LogP contribution in [0.1, 0.15) is 29.0 Å². The third-order valence-electron chi connectivity index (χ3n) is 4.89. The molecule has 1 N–H and O–H groups in total. The quantitative estimate of drug-likeness (QED) is 0.634. The van der Waals surface area contributed by atoms with Gasteiger partial charge in [-0.25, -0.2) is 19.0 Å². The lowest BCUT2D eigenvalue weighted by Crippen LogP contribution is -2.45. The van der Waals surface area contributed by atoms with Gasteiger partial charge in [-0.05, 0) is 43.2 Å². The standard InChI is InChI=1S/C19H17F4N7O/c20-12-2-4-14(5-3-12)30-16(19(21,22)23)15(27-28-30)17(31)26-13-6-10-29(11-7-13)18-24-8-1-9-25-18/h1-5,8-9,13H,6-7,10-11H2,(H,26,31). The summed E-state index contributed by atoms with van der Waals surface area (Å²) in [5.41, 5.74) is -2.20. The molecule has 1 aromatic carbocycles.